The monoisotopic (exact) mass is 470 g/mol. The topological polar surface area (TPSA) is 56.3 Å². The van der Waals surface area contributed by atoms with Crippen LogP contribution in [-0.4, -0.2) is 58.0 Å². The van der Waals surface area contributed by atoms with Crippen molar-refractivity contribution in [2.24, 2.45) is 0 Å². The lowest BCUT2D eigenvalue weighted by Gasteiger charge is -2.33. The molecule has 0 saturated carbocycles. The lowest BCUT2D eigenvalue weighted by Crippen LogP contribution is -2.39. The lowest BCUT2D eigenvalue weighted by atomic mass is 10.0. The third kappa shape index (κ3) is 6.80. The van der Waals surface area contributed by atoms with Crippen LogP contribution in [0, 0.1) is 6.92 Å². The van der Waals surface area contributed by atoms with Gasteiger partial charge in [0.25, 0.3) is 0 Å². The number of piperidine rings is 2. The van der Waals surface area contributed by atoms with E-state index >= 15 is 0 Å². The highest BCUT2D eigenvalue weighted by atomic mass is 15.2. The van der Waals surface area contributed by atoms with Crippen LogP contribution in [0.25, 0.3) is 0 Å². The maximum Gasteiger partial charge on any atom is 0.224 e. The third-order valence-electron chi connectivity index (χ3n) is 7.32. The molecule has 2 N–H and O–H groups in total. The number of hydrogen-bond donors (Lipinski definition) is 2. The number of likely N-dealkylation sites (tertiary alicyclic amines) is 2. The molecule has 184 valence electrons. The van der Waals surface area contributed by atoms with Crippen molar-refractivity contribution in [2.75, 3.05) is 36.8 Å². The molecule has 1 aromatic heterocycles. The fraction of sp³-hybridized carbons (Fsp3) is 0.448. The van der Waals surface area contributed by atoms with E-state index in [-0.39, 0.29) is 0 Å². The molecule has 6 heteroatoms. The highest BCUT2D eigenvalue weighted by molar-refractivity contribution is 5.47. The summed E-state index contributed by atoms with van der Waals surface area (Å²) >= 11 is 0. The van der Waals surface area contributed by atoms with Gasteiger partial charge < -0.3 is 10.6 Å². The Kier molecular flexibility index (Phi) is 7.91. The number of nitrogens with one attached hydrogen (secondary N) is 2. The van der Waals surface area contributed by atoms with Crippen molar-refractivity contribution in [3.8, 4) is 0 Å². The molecule has 5 rings (SSSR count). The molecule has 35 heavy (non-hydrogen) atoms. The molecule has 6 nitrogen and oxygen atoms in total. The summed E-state index contributed by atoms with van der Waals surface area (Å²) < 4.78 is 0. The van der Waals surface area contributed by atoms with Gasteiger partial charge in [0.1, 0.15) is 5.82 Å². The second-order valence-corrected chi connectivity index (χ2v) is 10.1. The first-order chi connectivity index (χ1) is 17.2. The molecule has 0 radical (unpaired) electrons. The summed E-state index contributed by atoms with van der Waals surface area (Å²) in [5, 5.41) is 7.33. The van der Waals surface area contributed by atoms with Crippen LogP contribution in [0.1, 0.15) is 42.4 Å². The zero-order valence-electron chi connectivity index (χ0n) is 20.9. The average molecular weight is 471 g/mol. The quantitative estimate of drug-likeness (QED) is 0.486. The average Bonchev–Trinajstić information content (AvgIpc) is 2.90. The van der Waals surface area contributed by atoms with Crippen LogP contribution in [0.15, 0.2) is 66.9 Å². The zero-order chi connectivity index (χ0) is 23.9. The van der Waals surface area contributed by atoms with E-state index < -0.39 is 0 Å². The van der Waals surface area contributed by atoms with Crippen LogP contribution in [-0.2, 0) is 13.1 Å². The van der Waals surface area contributed by atoms with Gasteiger partial charge in [-0.05, 0) is 43.7 Å². The number of aryl methyl sites for hydroxylation is 1. The van der Waals surface area contributed by atoms with E-state index in [1.165, 1.54) is 11.1 Å². The summed E-state index contributed by atoms with van der Waals surface area (Å²) in [5.74, 6) is 1.73. The summed E-state index contributed by atoms with van der Waals surface area (Å²) in [7, 11) is 0. The minimum atomic E-state index is 0.429. The van der Waals surface area contributed by atoms with Crippen molar-refractivity contribution in [3.63, 3.8) is 0 Å². The van der Waals surface area contributed by atoms with Gasteiger partial charge in [0.05, 0.1) is 0 Å². The summed E-state index contributed by atoms with van der Waals surface area (Å²) in [6, 6.07) is 22.4. The van der Waals surface area contributed by atoms with Gasteiger partial charge in [0.2, 0.25) is 5.95 Å². The first-order valence-corrected chi connectivity index (χ1v) is 13.1. The summed E-state index contributed by atoms with van der Waals surface area (Å²) in [5.41, 5.74) is 3.90. The second-order valence-electron chi connectivity index (χ2n) is 10.1. The van der Waals surface area contributed by atoms with E-state index in [0.717, 1.165) is 82.3 Å². The van der Waals surface area contributed by atoms with E-state index in [9.17, 15) is 0 Å². The van der Waals surface area contributed by atoms with Crippen LogP contribution in [0.4, 0.5) is 11.8 Å². The number of anilines is 2. The number of aromatic nitrogens is 2. The number of hydrogen-bond acceptors (Lipinski definition) is 6. The van der Waals surface area contributed by atoms with E-state index in [1.54, 1.807) is 0 Å². The lowest BCUT2D eigenvalue weighted by molar-refractivity contribution is 0.210. The molecule has 0 unspecified atom stereocenters. The molecular weight excluding hydrogens is 432 g/mol. The molecule has 0 bridgehead atoms. The molecule has 2 aliphatic heterocycles. The van der Waals surface area contributed by atoms with Gasteiger partial charge in [-0.2, -0.15) is 4.98 Å². The summed E-state index contributed by atoms with van der Waals surface area (Å²) in [6.07, 6.45) is 6.46. The van der Waals surface area contributed by atoms with E-state index in [4.69, 9.17) is 4.98 Å². The molecule has 2 fully saturated rings. The van der Waals surface area contributed by atoms with E-state index in [0.29, 0.717) is 12.1 Å². The fourth-order valence-corrected chi connectivity index (χ4v) is 5.19. The predicted octanol–water partition coefficient (Wildman–Crippen LogP) is 4.94. The van der Waals surface area contributed by atoms with Crippen molar-refractivity contribution in [2.45, 2.75) is 57.8 Å². The first kappa shape index (κ1) is 23.8. The van der Waals surface area contributed by atoms with Crippen molar-refractivity contribution < 1.29 is 0 Å². The number of benzene rings is 2. The van der Waals surface area contributed by atoms with Gasteiger partial charge in [-0.1, -0.05) is 60.7 Å². The number of rotatable bonds is 8. The Balaban J connectivity index is 1.09. The first-order valence-electron chi connectivity index (χ1n) is 13.1. The Hall–Kier alpha value is -2.96. The van der Waals surface area contributed by atoms with Gasteiger partial charge >= 0.3 is 0 Å². The van der Waals surface area contributed by atoms with Gasteiger partial charge in [-0.25, -0.2) is 4.98 Å². The minimum absolute atomic E-state index is 0.429. The molecule has 0 atom stereocenters. The molecule has 3 aromatic rings. The fourth-order valence-electron chi connectivity index (χ4n) is 5.19. The normalized spacial score (nSPS) is 18.4. The second kappa shape index (κ2) is 11.6. The molecule has 3 heterocycles. The van der Waals surface area contributed by atoms with E-state index in [1.807, 2.05) is 6.20 Å². The maximum atomic E-state index is 4.87. The van der Waals surface area contributed by atoms with Crippen molar-refractivity contribution in [1.82, 2.24) is 19.8 Å². The maximum absolute atomic E-state index is 4.87. The van der Waals surface area contributed by atoms with Crippen LogP contribution in [0.5, 0.6) is 0 Å². The largest absolute Gasteiger partial charge is 0.367 e. The van der Waals surface area contributed by atoms with Crippen LogP contribution >= 0.6 is 0 Å². The molecular formula is C29H38N6. The smallest absolute Gasteiger partial charge is 0.224 e. The van der Waals surface area contributed by atoms with Gasteiger partial charge in [-0.15, -0.1) is 0 Å². The molecule has 0 spiro atoms. The summed E-state index contributed by atoms with van der Waals surface area (Å²) in [4.78, 5) is 14.6. The Labute approximate surface area is 209 Å². The molecule has 0 amide bonds. The van der Waals surface area contributed by atoms with Crippen molar-refractivity contribution >= 4 is 11.8 Å². The SMILES string of the molecule is Cc1cnc(NC2CCN(Cc3ccccc3)CC2)nc1NC1CCN(Cc2ccccc2)CC1. The van der Waals surface area contributed by atoms with Crippen LogP contribution in [0.2, 0.25) is 0 Å². The Morgan fingerprint density at radius 2 is 1.20 bits per heavy atom. The molecule has 0 aliphatic carbocycles. The van der Waals surface area contributed by atoms with Crippen molar-refractivity contribution in [1.29, 1.82) is 0 Å². The summed E-state index contributed by atoms with van der Waals surface area (Å²) in [6.45, 7) is 8.60. The van der Waals surface area contributed by atoms with Crippen molar-refractivity contribution in [3.05, 3.63) is 83.6 Å². The Morgan fingerprint density at radius 1 is 0.714 bits per heavy atom. The number of nitrogens with zero attached hydrogens (tertiary/aromatic N) is 4. The molecule has 2 aromatic carbocycles. The third-order valence-corrected chi connectivity index (χ3v) is 7.32. The Bertz CT molecular complexity index is 1040. The molecule has 2 saturated heterocycles. The van der Waals surface area contributed by atoms with Gasteiger partial charge in [0.15, 0.2) is 0 Å². The standard InChI is InChI=1S/C29H38N6/c1-23-20-30-29(32-27-14-18-35(19-15-27)22-25-10-6-3-7-11-25)33-28(23)31-26-12-16-34(17-13-26)21-24-8-4-2-5-9-24/h2-11,20,26-27H,12-19,21-22H2,1H3,(H2,30,31,32,33). The van der Waals surface area contributed by atoms with Crippen LogP contribution in [0.3, 0.4) is 0 Å². The minimum Gasteiger partial charge on any atom is -0.367 e. The molecule has 2 aliphatic rings. The van der Waals surface area contributed by atoms with Gasteiger partial charge in [-0.3, -0.25) is 9.80 Å². The zero-order valence-corrected chi connectivity index (χ0v) is 20.9. The van der Waals surface area contributed by atoms with Crippen LogP contribution < -0.4 is 10.6 Å². The highest BCUT2D eigenvalue weighted by Gasteiger charge is 2.22. The van der Waals surface area contributed by atoms with E-state index in [2.05, 4.69) is 93.0 Å². The predicted molar refractivity (Wildman–Crippen MR) is 143 cm³/mol. The Morgan fingerprint density at radius 3 is 1.71 bits per heavy atom. The van der Waals surface area contributed by atoms with Gasteiger partial charge in [0, 0.05) is 63.1 Å². The highest BCUT2D eigenvalue weighted by Crippen LogP contribution is 2.22.